The van der Waals surface area contributed by atoms with Crippen LogP contribution in [0.2, 0.25) is 0 Å². The van der Waals surface area contributed by atoms with E-state index in [1.54, 1.807) is 0 Å². The summed E-state index contributed by atoms with van der Waals surface area (Å²) >= 11 is 0. The number of hydrogen-bond acceptors (Lipinski definition) is 2. The fourth-order valence-corrected chi connectivity index (χ4v) is 2.36. The smallest absolute Gasteiger partial charge is 0.303 e. The molecule has 0 heterocycles. The second kappa shape index (κ2) is 18.8. The first kappa shape index (κ1) is 24.1. The molecule has 0 saturated carbocycles. The molecular formula is C18H34O3Zn. The first-order valence-electron chi connectivity index (χ1n) is 8.71. The molecule has 0 fully saturated rings. The summed E-state index contributed by atoms with van der Waals surface area (Å²) in [7, 11) is 0. The number of aliphatic hydroxyl groups is 1. The largest absolute Gasteiger partial charge is 0.481 e. The second-order valence-corrected chi connectivity index (χ2v) is 5.91. The van der Waals surface area contributed by atoms with Crippen LogP contribution in [0.25, 0.3) is 0 Å². The molecule has 126 valence electrons. The summed E-state index contributed by atoms with van der Waals surface area (Å²) in [4.78, 5) is 10.3. The number of rotatable bonds is 15. The number of carboxylic acids is 1. The van der Waals surface area contributed by atoms with E-state index in [0.29, 0.717) is 6.42 Å². The van der Waals surface area contributed by atoms with E-state index in [0.717, 1.165) is 51.4 Å². The van der Waals surface area contributed by atoms with Crippen LogP contribution in [0, 0.1) is 0 Å². The van der Waals surface area contributed by atoms with Crippen molar-refractivity contribution in [2.24, 2.45) is 0 Å². The van der Waals surface area contributed by atoms with Gasteiger partial charge in [0.15, 0.2) is 0 Å². The van der Waals surface area contributed by atoms with Gasteiger partial charge in [-0.1, -0.05) is 64.0 Å². The van der Waals surface area contributed by atoms with Gasteiger partial charge in [-0.05, 0) is 32.1 Å². The molecule has 1 atom stereocenters. The van der Waals surface area contributed by atoms with Crippen LogP contribution in [0.1, 0.15) is 90.4 Å². The summed E-state index contributed by atoms with van der Waals surface area (Å²) in [5.41, 5.74) is 0. The molecule has 0 spiro atoms. The van der Waals surface area contributed by atoms with E-state index < -0.39 is 5.97 Å². The minimum atomic E-state index is -0.689. The Bertz CT molecular complexity index is 267. The van der Waals surface area contributed by atoms with E-state index >= 15 is 0 Å². The molecule has 0 saturated heterocycles. The molecule has 1 unspecified atom stereocenters. The molecule has 0 aromatic carbocycles. The van der Waals surface area contributed by atoms with Gasteiger partial charge in [-0.3, -0.25) is 4.79 Å². The summed E-state index contributed by atoms with van der Waals surface area (Å²) < 4.78 is 0. The normalized spacial score (nSPS) is 12.3. The SMILES string of the molecule is CCCCCCC(O)C/C=C/CCCCCCCC(=O)O.[Zn]. The molecule has 2 N–H and O–H groups in total. The minimum Gasteiger partial charge on any atom is -0.481 e. The van der Waals surface area contributed by atoms with Crippen LogP contribution in [0.5, 0.6) is 0 Å². The van der Waals surface area contributed by atoms with Gasteiger partial charge in [0.2, 0.25) is 0 Å². The molecule has 0 bridgehead atoms. The Kier molecular flexibility index (Phi) is 20.6. The van der Waals surface area contributed by atoms with Gasteiger partial charge in [0, 0.05) is 25.9 Å². The molecule has 0 amide bonds. The molecule has 0 aromatic rings. The molecule has 0 aromatic heterocycles. The molecule has 0 aliphatic rings. The van der Waals surface area contributed by atoms with E-state index in [1.165, 1.54) is 25.7 Å². The number of aliphatic carboxylic acids is 1. The number of carboxylic acid groups (broad SMARTS) is 1. The predicted molar refractivity (Wildman–Crippen MR) is 88.5 cm³/mol. The fraction of sp³-hybridized carbons (Fsp3) is 0.833. The van der Waals surface area contributed by atoms with Gasteiger partial charge in [-0.25, -0.2) is 0 Å². The van der Waals surface area contributed by atoms with Crippen molar-refractivity contribution in [3.63, 3.8) is 0 Å². The van der Waals surface area contributed by atoms with Gasteiger partial charge >= 0.3 is 5.97 Å². The van der Waals surface area contributed by atoms with Gasteiger partial charge in [0.05, 0.1) is 6.10 Å². The van der Waals surface area contributed by atoms with Crippen LogP contribution in [0.3, 0.4) is 0 Å². The third kappa shape index (κ3) is 19.8. The van der Waals surface area contributed by atoms with Crippen LogP contribution in [0.15, 0.2) is 12.2 Å². The standard InChI is InChI=1S/C18H34O3.Zn/c1-2-3-4-11-14-17(19)15-12-9-7-5-6-8-10-13-16-18(20)21;/h9,12,17,19H,2-8,10-11,13-16H2,1H3,(H,20,21);/b12-9+;. The average molecular weight is 364 g/mol. The van der Waals surface area contributed by atoms with Crippen LogP contribution < -0.4 is 0 Å². The zero-order valence-electron chi connectivity index (χ0n) is 14.4. The average Bonchev–Trinajstić information content (AvgIpc) is 2.45. The van der Waals surface area contributed by atoms with Crippen molar-refractivity contribution in [3.05, 3.63) is 12.2 Å². The number of allylic oxidation sites excluding steroid dienone is 1. The Labute approximate surface area is 149 Å². The van der Waals surface area contributed by atoms with Crippen molar-refractivity contribution in [1.82, 2.24) is 0 Å². The molecule has 4 heteroatoms. The summed E-state index contributed by atoms with van der Waals surface area (Å²) in [5, 5.41) is 18.3. The Morgan fingerprint density at radius 1 is 0.955 bits per heavy atom. The van der Waals surface area contributed by atoms with Crippen molar-refractivity contribution >= 4 is 5.97 Å². The number of aliphatic hydroxyl groups excluding tert-OH is 1. The first-order chi connectivity index (χ1) is 10.2. The maximum Gasteiger partial charge on any atom is 0.303 e. The summed E-state index contributed by atoms with van der Waals surface area (Å²) in [6.45, 7) is 2.20. The Balaban J connectivity index is 0. The molecular weight excluding hydrogens is 330 g/mol. The predicted octanol–water partition coefficient (Wildman–Crippen LogP) is 5.08. The maximum absolute atomic E-state index is 10.3. The Hall–Kier alpha value is -0.207. The second-order valence-electron chi connectivity index (χ2n) is 5.91. The molecule has 0 radical (unpaired) electrons. The van der Waals surface area contributed by atoms with Gasteiger partial charge in [-0.2, -0.15) is 0 Å². The van der Waals surface area contributed by atoms with E-state index in [2.05, 4.69) is 19.1 Å². The van der Waals surface area contributed by atoms with E-state index in [4.69, 9.17) is 5.11 Å². The number of unbranched alkanes of at least 4 members (excludes halogenated alkanes) is 8. The third-order valence-electron chi connectivity index (χ3n) is 3.73. The monoisotopic (exact) mass is 362 g/mol. The van der Waals surface area contributed by atoms with Crippen molar-refractivity contribution in [1.29, 1.82) is 0 Å². The summed E-state index contributed by atoms with van der Waals surface area (Å²) in [6, 6.07) is 0. The molecule has 0 aliphatic carbocycles. The molecule has 0 rings (SSSR count). The number of hydrogen-bond donors (Lipinski definition) is 2. The van der Waals surface area contributed by atoms with Crippen LogP contribution in [0.4, 0.5) is 0 Å². The van der Waals surface area contributed by atoms with Crippen LogP contribution >= 0.6 is 0 Å². The summed E-state index contributed by atoms with van der Waals surface area (Å²) in [5.74, 6) is -0.689. The molecule has 3 nitrogen and oxygen atoms in total. The maximum atomic E-state index is 10.3. The Morgan fingerprint density at radius 2 is 1.59 bits per heavy atom. The third-order valence-corrected chi connectivity index (χ3v) is 3.73. The van der Waals surface area contributed by atoms with Crippen LogP contribution in [-0.4, -0.2) is 22.3 Å². The van der Waals surface area contributed by atoms with Crippen molar-refractivity contribution < 1.29 is 34.5 Å². The van der Waals surface area contributed by atoms with Gasteiger partial charge in [0.25, 0.3) is 0 Å². The first-order valence-corrected chi connectivity index (χ1v) is 8.71. The van der Waals surface area contributed by atoms with E-state index in [9.17, 15) is 9.90 Å². The van der Waals surface area contributed by atoms with Crippen molar-refractivity contribution in [2.75, 3.05) is 0 Å². The van der Waals surface area contributed by atoms with Crippen molar-refractivity contribution in [3.8, 4) is 0 Å². The van der Waals surface area contributed by atoms with E-state index in [1.807, 2.05) is 0 Å². The zero-order chi connectivity index (χ0) is 15.8. The Morgan fingerprint density at radius 3 is 2.27 bits per heavy atom. The molecule has 22 heavy (non-hydrogen) atoms. The number of carbonyl (C=O) groups is 1. The summed E-state index contributed by atoms with van der Waals surface area (Å²) in [6.07, 6.45) is 17.4. The fourth-order valence-electron chi connectivity index (χ4n) is 2.36. The van der Waals surface area contributed by atoms with Crippen LogP contribution in [-0.2, 0) is 24.3 Å². The van der Waals surface area contributed by atoms with Gasteiger partial charge in [0.1, 0.15) is 0 Å². The minimum absolute atomic E-state index is 0. The van der Waals surface area contributed by atoms with Crippen molar-refractivity contribution in [2.45, 2.75) is 96.5 Å². The topological polar surface area (TPSA) is 57.5 Å². The van der Waals surface area contributed by atoms with Gasteiger partial charge in [-0.15, -0.1) is 0 Å². The van der Waals surface area contributed by atoms with E-state index in [-0.39, 0.29) is 25.6 Å². The quantitative estimate of drug-likeness (QED) is 0.242. The zero-order valence-corrected chi connectivity index (χ0v) is 17.4. The molecule has 0 aliphatic heterocycles. The van der Waals surface area contributed by atoms with Gasteiger partial charge < -0.3 is 10.2 Å².